The lowest BCUT2D eigenvalue weighted by atomic mass is 10.1. The van der Waals surface area contributed by atoms with Crippen molar-refractivity contribution in [2.45, 2.75) is 89.5 Å². The van der Waals surface area contributed by atoms with E-state index in [1.165, 1.54) is 11.4 Å². The van der Waals surface area contributed by atoms with Gasteiger partial charge in [0.25, 0.3) is 0 Å². The summed E-state index contributed by atoms with van der Waals surface area (Å²) in [7, 11) is 0. The number of benzene rings is 6. The van der Waals surface area contributed by atoms with Crippen LogP contribution in [0.4, 0.5) is 22.7 Å². The normalized spacial score (nSPS) is 20.4. The number of piperazine rings is 2. The van der Waals surface area contributed by atoms with Gasteiger partial charge in [-0.1, -0.05) is 74.5 Å². The summed E-state index contributed by atoms with van der Waals surface area (Å²) in [6.45, 7) is 17.6. The molecule has 14 rings (SSSR count). The van der Waals surface area contributed by atoms with Crippen LogP contribution in [0.2, 0.25) is 0 Å². The minimum atomic E-state index is -0.973. The number of nitrogens with zero attached hydrogens (tertiary/aromatic N) is 16. The number of rotatable bonds is 22. The number of anilines is 4. The second-order valence-corrected chi connectivity index (χ2v) is 24.0. The molecule has 6 atom stereocenters. The predicted octanol–water partition coefficient (Wildman–Crippen LogP) is 8.54. The van der Waals surface area contributed by atoms with Crippen molar-refractivity contribution in [3.05, 3.63) is 227 Å². The van der Waals surface area contributed by atoms with E-state index in [4.69, 9.17) is 28.4 Å². The summed E-state index contributed by atoms with van der Waals surface area (Å²) in [4.78, 5) is 38.3. The zero-order valence-corrected chi connectivity index (χ0v) is 53.5. The molecule has 94 heavy (non-hydrogen) atoms. The van der Waals surface area contributed by atoms with Crippen molar-refractivity contribution >= 4 is 22.7 Å². The van der Waals surface area contributed by atoms with Gasteiger partial charge in [0.05, 0.1) is 61.5 Å². The van der Waals surface area contributed by atoms with Crippen LogP contribution in [-0.4, -0.2) is 150 Å². The topological polar surface area (TPSA) is 209 Å². The summed E-state index contributed by atoms with van der Waals surface area (Å²) < 4.78 is 44.0. The SMILES string of the molecule is CC[C@@H](C)n1ncn(-c2ccc(N3CCN(c4ccc(OC[C@@H]5CO[C@](Cn6nccn6)(c6ccccc6)O5)cc4)CC3)cc2)c1=O.CC[C@H](C)n1ncn(-c2ccc(N3CCN(c4ccc(OC[C@@H]5CO[C@](Cn6nccn6)(c6ccccc6)O5)cc4)CC3)cc2)c1=O. The fraction of sp³-hybridized carbons (Fsp3) is 0.371. The van der Waals surface area contributed by atoms with Gasteiger partial charge in [0.15, 0.2) is 0 Å². The highest BCUT2D eigenvalue weighted by Gasteiger charge is 2.46. The smallest absolute Gasteiger partial charge is 0.350 e. The van der Waals surface area contributed by atoms with E-state index >= 15 is 0 Å². The van der Waals surface area contributed by atoms with Crippen molar-refractivity contribution in [3.63, 3.8) is 0 Å². The second kappa shape index (κ2) is 28.5. The summed E-state index contributed by atoms with van der Waals surface area (Å²) in [5.74, 6) is -0.371. The van der Waals surface area contributed by atoms with Crippen molar-refractivity contribution < 1.29 is 28.4 Å². The second-order valence-electron chi connectivity index (χ2n) is 24.0. The average Bonchev–Trinajstić information content (AvgIpc) is 1.64. The maximum absolute atomic E-state index is 12.8. The first kappa shape index (κ1) is 62.9. The van der Waals surface area contributed by atoms with Gasteiger partial charge in [-0.25, -0.2) is 28.1 Å². The maximum Gasteiger partial charge on any atom is 0.350 e. The quantitative estimate of drug-likeness (QED) is 0.0622. The first-order valence-electron chi connectivity index (χ1n) is 32.4. The predicted molar refractivity (Wildman–Crippen MR) is 356 cm³/mol. The average molecular weight is 1270 g/mol. The number of ether oxygens (including phenoxy) is 6. The van der Waals surface area contributed by atoms with E-state index in [-0.39, 0.29) is 35.7 Å². The third-order valence-electron chi connectivity index (χ3n) is 18.0. The van der Waals surface area contributed by atoms with Crippen LogP contribution in [-0.2, 0) is 43.6 Å². The maximum atomic E-state index is 12.8. The van der Waals surface area contributed by atoms with E-state index in [0.29, 0.717) is 39.5 Å². The van der Waals surface area contributed by atoms with Gasteiger partial charge in [-0.15, -0.1) is 0 Å². The van der Waals surface area contributed by atoms with Crippen LogP contribution in [0.5, 0.6) is 11.5 Å². The Balaban J connectivity index is 0.000000171. The third kappa shape index (κ3) is 14.0. The Kier molecular flexibility index (Phi) is 19.1. The lowest BCUT2D eigenvalue weighted by molar-refractivity contribution is -0.192. The molecule has 10 aromatic rings. The largest absolute Gasteiger partial charge is 0.491 e. The fourth-order valence-electron chi connectivity index (χ4n) is 12.3. The molecule has 0 unspecified atom stereocenters. The Hall–Kier alpha value is -9.88. The van der Waals surface area contributed by atoms with Crippen LogP contribution in [0.3, 0.4) is 0 Å². The third-order valence-corrected chi connectivity index (χ3v) is 18.0. The van der Waals surface area contributed by atoms with E-state index in [1.54, 1.807) is 65.5 Å². The van der Waals surface area contributed by atoms with Crippen LogP contribution >= 0.6 is 0 Å². The molecule has 4 saturated heterocycles. The van der Waals surface area contributed by atoms with Gasteiger partial charge in [-0.3, -0.25) is 0 Å². The van der Waals surface area contributed by atoms with Crippen LogP contribution in [0.25, 0.3) is 11.4 Å². The van der Waals surface area contributed by atoms with Crippen molar-refractivity contribution in [3.8, 4) is 22.9 Å². The number of aromatic nitrogens is 12. The van der Waals surface area contributed by atoms with E-state index in [2.05, 4.69) is 113 Å². The highest BCUT2D eigenvalue weighted by Crippen LogP contribution is 2.38. The lowest BCUT2D eigenvalue weighted by Gasteiger charge is -2.37. The van der Waals surface area contributed by atoms with Crippen molar-refractivity contribution in [1.29, 1.82) is 0 Å². The molecule has 488 valence electrons. The molecule has 0 radical (unpaired) electrons. The number of hydrogen-bond acceptors (Lipinski definition) is 18. The van der Waals surface area contributed by atoms with E-state index in [1.807, 2.05) is 123 Å². The summed E-state index contributed by atoms with van der Waals surface area (Å²) in [5, 5.41) is 25.6. The lowest BCUT2D eigenvalue weighted by Crippen LogP contribution is -2.46. The summed E-state index contributed by atoms with van der Waals surface area (Å²) in [5.41, 5.74) is 7.90. The van der Waals surface area contributed by atoms with Crippen molar-refractivity contribution in [2.24, 2.45) is 0 Å². The van der Waals surface area contributed by atoms with Gasteiger partial charge in [0.2, 0.25) is 11.6 Å². The minimum absolute atomic E-state index is 0.0721. The molecule has 6 aromatic carbocycles. The Labute approximate surface area is 545 Å². The molecule has 0 amide bonds. The molecule has 4 aliphatic heterocycles. The molecule has 4 fully saturated rings. The first-order valence-corrected chi connectivity index (χ1v) is 32.4. The molecule has 0 bridgehead atoms. The number of hydrogen-bond donors (Lipinski definition) is 0. The van der Waals surface area contributed by atoms with E-state index < -0.39 is 11.6 Å². The highest BCUT2D eigenvalue weighted by atomic mass is 16.8. The van der Waals surface area contributed by atoms with Gasteiger partial charge in [-0.2, -0.15) is 40.2 Å². The summed E-state index contributed by atoms with van der Waals surface area (Å²) in [6, 6.07) is 52.8. The standard InChI is InChI=1S/2C35H40N8O4/c2*1-3-27(2)43-34(44)41(26-38-43)31-11-9-29(10-12-31)39-19-21-40(22-20-39)30-13-15-32(16-14-30)45-23-33-24-46-35(47-33,25-42-36-17-18-37-42)28-7-5-4-6-8-28/h2*4-18,26-27,33H,3,19-25H2,1-2H3/t27-,33+,35-;27-,33-,35+/m01/s1. The van der Waals surface area contributed by atoms with E-state index in [9.17, 15) is 9.59 Å². The monoisotopic (exact) mass is 1270 g/mol. The zero-order valence-electron chi connectivity index (χ0n) is 53.5. The van der Waals surface area contributed by atoms with Gasteiger partial charge >= 0.3 is 11.4 Å². The molecule has 8 heterocycles. The molecule has 4 aliphatic rings. The Bertz CT molecular complexity index is 3830. The highest BCUT2D eigenvalue weighted by molar-refractivity contribution is 5.56. The van der Waals surface area contributed by atoms with Crippen molar-refractivity contribution in [2.75, 3.05) is 98.4 Å². The van der Waals surface area contributed by atoms with Crippen LogP contribution in [0.1, 0.15) is 63.7 Å². The summed E-state index contributed by atoms with van der Waals surface area (Å²) >= 11 is 0. The molecular formula is C70H80N16O8. The molecule has 0 spiro atoms. The zero-order chi connectivity index (χ0) is 64.4. The van der Waals surface area contributed by atoms with Gasteiger partial charge in [-0.05, 0) is 124 Å². The molecule has 0 saturated carbocycles. The molecule has 24 nitrogen and oxygen atoms in total. The molecular weight excluding hydrogens is 1190 g/mol. The van der Waals surface area contributed by atoms with E-state index in [0.717, 1.165) is 111 Å². The molecule has 0 N–H and O–H groups in total. The van der Waals surface area contributed by atoms with Crippen molar-refractivity contribution in [1.82, 2.24) is 58.7 Å². The Morgan fingerprint density at radius 1 is 0.426 bits per heavy atom. The van der Waals surface area contributed by atoms with Gasteiger partial charge in [0.1, 0.15) is 62.7 Å². The molecule has 24 heteroatoms. The summed E-state index contributed by atoms with van der Waals surface area (Å²) in [6.07, 6.45) is 11.0. The van der Waals surface area contributed by atoms with Gasteiger partial charge < -0.3 is 48.0 Å². The van der Waals surface area contributed by atoms with Gasteiger partial charge in [0, 0.05) is 86.2 Å². The minimum Gasteiger partial charge on any atom is -0.491 e. The molecule has 0 aliphatic carbocycles. The van der Waals surface area contributed by atoms with Crippen LogP contribution < -0.4 is 40.5 Å². The van der Waals surface area contributed by atoms with Crippen LogP contribution in [0.15, 0.2) is 205 Å². The van der Waals surface area contributed by atoms with Crippen LogP contribution in [0, 0.1) is 0 Å². The Morgan fingerprint density at radius 2 is 0.734 bits per heavy atom. The Morgan fingerprint density at radius 3 is 1.05 bits per heavy atom. The molecule has 4 aromatic heterocycles. The first-order chi connectivity index (χ1) is 46.0. The fourth-order valence-corrected chi connectivity index (χ4v) is 12.3.